The standard InChI is InChI=1S/C21H19ClN6O/c1-12-18(16(22)10-28(11-23)20(12)26)21(29)27-14-7-8-17(24)15(9-14)19(25)13-5-3-2-4-6-13/h2-11,23,25-26H,24H2,1H3,(H,27,29). The fraction of sp³-hybridized carbons (Fsp3) is 0.0476. The van der Waals surface area contributed by atoms with Gasteiger partial charge >= 0.3 is 0 Å². The number of nitrogens with two attached hydrogens (primary N) is 1. The SMILES string of the molecule is Cc1c(C(=O)Nc2ccc(N)c(C(=N)c3ccccc3)c2)c(Cl)cn(C=N)c1=N. The van der Waals surface area contributed by atoms with E-state index in [2.05, 4.69) is 5.32 Å². The lowest BCUT2D eigenvalue weighted by Crippen LogP contribution is -2.26. The summed E-state index contributed by atoms with van der Waals surface area (Å²) in [4.78, 5) is 12.8. The Labute approximate surface area is 172 Å². The molecule has 2 aromatic carbocycles. The predicted octanol–water partition coefficient (Wildman–Crippen LogP) is 3.64. The fourth-order valence-corrected chi connectivity index (χ4v) is 3.26. The van der Waals surface area contributed by atoms with Gasteiger partial charge in [0.2, 0.25) is 0 Å². The van der Waals surface area contributed by atoms with Crippen molar-refractivity contribution in [3.05, 3.63) is 87.5 Å². The molecule has 0 bridgehead atoms. The molecule has 8 heteroatoms. The normalized spacial score (nSPS) is 10.4. The number of carbonyl (C=O) groups excluding carboxylic acids is 1. The van der Waals surface area contributed by atoms with Crippen molar-refractivity contribution in [2.45, 2.75) is 6.92 Å². The van der Waals surface area contributed by atoms with E-state index in [0.29, 0.717) is 28.1 Å². The minimum absolute atomic E-state index is 0.00148. The van der Waals surface area contributed by atoms with E-state index in [1.54, 1.807) is 25.1 Å². The van der Waals surface area contributed by atoms with Gasteiger partial charge in [0, 0.05) is 34.3 Å². The van der Waals surface area contributed by atoms with Crippen LogP contribution in [0.2, 0.25) is 5.02 Å². The van der Waals surface area contributed by atoms with Crippen LogP contribution in [0.3, 0.4) is 0 Å². The number of rotatable bonds is 5. The van der Waals surface area contributed by atoms with Crippen LogP contribution in [0, 0.1) is 23.2 Å². The molecule has 1 aromatic heterocycles. The molecular weight excluding hydrogens is 388 g/mol. The Hall–Kier alpha value is -3.71. The Morgan fingerprint density at radius 3 is 2.55 bits per heavy atom. The Morgan fingerprint density at radius 1 is 1.21 bits per heavy atom. The first kappa shape index (κ1) is 20.0. The van der Waals surface area contributed by atoms with Gasteiger partial charge in [-0.3, -0.25) is 25.6 Å². The van der Waals surface area contributed by atoms with E-state index in [1.165, 1.54) is 10.8 Å². The molecule has 29 heavy (non-hydrogen) atoms. The molecule has 0 atom stereocenters. The third kappa shape index (κ3) is 3.95. The topological polar surface area (TPSA) is 132 Å². The Balaban J connectivity index is 1.95. The molecule has 0 saturated heterocycles. The lowest BCUT2D eigenvalue weighted by molar-refractivity contribution is 0.102. The van der Waals surface area contributed by atoms with E-state index in [0.717, 1.165) is 6.34 Å². The summed E-state index contributed by atoms with van der Waals surface area (Å²) in [5, 5.41) is 26.7. The highest BCUT2D eigenvalue weighted by Crippen LogP contribution is 2.23. The molecule has 6 N–H and O–H groups in total. The maximum absolute atomic E-state index is 12.8. The molecule has 146 valence electrons. The van der Waals surface area contributed by atoms with Crippen LogP contribution in [-0.2, 0) is 0 Å². The van der Waals surface area contributed by atoms with Crippen LogP contribution < -0.4 is 16.5 Å². The van der Waals surface area contributed by atoms with Crippen LogP contribution in [0.25, 0.3) is 0 Å². The van der Waals surface area contributed by atoms with Gasteiger partial charge in [0.25, 0.3) is 5.91 Å². The number of nitrogens with zero attached hydrogens (tertiary/aromatic N) is 1. The number of pyridine rings is 1. The van der Waals surface area contributed by atoms with E-state index in [4.69, 9.17) is 33.6 Å². The summed E-state index contributed by atoms with van der Waals surface area (Å²) < 4.78 is 1.22. The number of nitrogens with one attached hydrogen (secondary N) is 4. The number of hydrogen-bond donors (Lipinski definition) is 5. The number of nitrogen functional groups attached to an aromatic ring is 1. The number of aromatic nitrogens is 1. The number of hydrogen-bond acceptors (Lipinski definition) is 5. The summed E-state index contributed by atoms with van der Waals surface area (Å²) >= 11 is 6.21. The molecule has 0 unspecified atom stereocenters. The zero-order chi connectivity index (χ0) is 21.1. The molecule has 7 nitrogen and oxygen atoms in total. The number of halogens is 1. The minimum atomic E-state index is -0.486. The van der Waals surface area contributed by atoms with Gasteiger partial charge in [-0.2, -0.15) is 0 Å². The average Bonchev–Trinajstić information content (AvgIpc) is 2.72. The van der Waals surface area contributed by atoms with Gasteiger partial charge in [-0.25, -0.2) is 0 Å². The van der Waals surface area contributed by atoms with Crippen LogP contribution in [0.15, 0.2) is 54.7 Å². The van der Waals surface area contributed by atoms with Crippen molar-refractivity contribution in [2.75, 3.05) is 11.1 Å². The van der Waals surface area contributed by atoms with Crippen LogP contribution in [0.4, 0.5) is 11.4 Å². The quantitative estimate of drug-likeness (QED) is 0.251. The van der Waals surface area contributed by atoms with Gasteiger partial charge in [0.15, 0.2) is 0 Å². The van der Waals surface area contributed by atoms with Crippen molar-refractivity contribution in [2.24, 2.45) is 0 Å². The van der Waals surface area contributed by atoms with Crippen molar-refractivity contribution in [1.82, 2.24) is 4.57 Å². The van der Waals surface area contributed by atoms with Crippen molar-refractivity contribution >= 4 is 40.9 Å². The number of anilines is 2. The molecule has 0 saturated carbocycles. The van der Waals surface area contributed by atoms with E-state index in [-0.39, 0.29) is 21.8 Å². The molecule has 0 aliphatic heterocycles. The van der Waals surface area contributed by atoms with Crippen LogP contribution in [0.5, 0.6) is 0 Å². The van der Waals surface area contributed by atoms with Crippen molar-refractivity contribution in [3.8, 4) is 0 Å². The third-order valence-electron chi connectivity index (χ3n) is 4.49. The summed E-state index contributed by atoms with van der Waals surface area (Å²) in [6.45, 7) is 1.60. The molecule has 0 aliphatic carbocycles. The Kier molecular flexibility index (Phi) is 5.61. The van der Waals surface area contributed by atoms with Crippen LogP contribution >= 0.6 is 11.6 Å². The zero-order valence-electron chi connectivity index (χ0n) is 15.6. The molecule has 0 fully saturated rings. The maximum atomic E-state index is 12.8. The summed E-state index contributed by atoms with van der Waals surface area (Å²) in [6.07, 6.45) is 2.29. The van der Waals surface area contributed by atoms with Gasteiger partial charge < -0.3 is 11.1 Å². The van der Waals surface area contributed by atoms with E-state index < -0.39 is 5.91 Å². The second kappa shape index (κ2) is 8.12. The predicted molar refractivity (Wildman–Crippen MR) is 115 cm³/mol. The minimum Gasteiger partial charge on any atom is -0.398 e. The highest BCUT2D eigenvalue weighted by atomic mass is 35.5. The number of carbonyl (C=O) groups is 1. The molecule has 3 aromatic rings. The first-order chi connectivity index (χ1) is 13.8. The molecule has 1 heterocycles. The van der Waals surface area contributed by atoms with Gasteiger partial charge in [0.1, 0.15) is 5.49 Å². The monoisotopic (exact) mass is 406 g/mol. The van der Waals surface area contributed by atoms with Gasteiger partial charge in [-0.15, -0.1) is 0 Å². The third-order valence-corrected chi connectivity index (χ3v) is 4.78. The highest BCUT2D eigenvalue weighted by molar-refractivity contribution is 6.34. The van der Waals surface area contributed by atoms with E-state index >= 15 is 0 Å². The van der Waals surface area contributed by atoms with Crippen molar-refractivity contribution in [1.29, 1.82) is 16.2 Å². The van der Waals surface area contributed by atoms with Crippen molar-refractivity contribution < 1.29 is 4.79 Å². The van der Waals surface area contributed by atoms with Gasteiger partial charge in [0.05, 0.1) is 22.6 Å². The molecular formula is C21H19ClN6O. The van der Waals surface area contributed by atoms with E-state index in [1.807, 2.05) is 30.3 Å². The number of benzene rings is 2. The molecule has 3 rings (SSSR count). The average molecular weight is 407 g/mol. The smallest absolute Gasteiger partial charge is 0.257 e. The van der Waals surface area contributed by atoms with E-state index in [9.17, 15) is 4.79 Å². The number of amides is 1. The Morgan fingerprint density at radius 2 is 1.90 bits per heavy atom. The first-order valence-electron chi connectivity index (χ1n) is 8.65. The molecule has 1 amide bonds. The molecule has 0 radical (unpaired) electrons. The summed E-state index contributed by atoms with van der Waals surface area (Å²) in [7, 11) is 0. The summed E-state index contributed by atoms with van der Waals surface area (Å²) in [5.41, 5.74) is 8.87. The second-order valence-electron chi connectivity index (χ2n) is 6.36. The lowest BCUT2D eigenvalue weighted by Gasteiger charge is -2.14. The van der Waals surface area contributed by atoms with Crippen molar-refractivity contribution in [3.63, 3.8) is 0 Å². The highest BCUT2D eigenvalue weighted by Gasteiger charge is 2.18. The molecule has 0 spiro atoms. The fourth-order valence-electron chi connectivity index (χ4n) is 2.93. The maximum Gasteiger partial charge on any atom is 0.257 e. The van der Waals surface area contributed by atoms with Gasteiger partial charge in [-0.1, -0.05) is 41.9 Å². The summed E-state index contributed by atoms with van der Waals surface area (Å²) in [6, 6.07) is 14.1. The second-order valence-corrected chi connectivity index (χ2v) is 6.77. The Bertz CT molecular complexity index is 1180. The zero-order valence-corrected chi connectivity index (χ0v) is 16.3. The molecule has 0 aliphatic rings. The van der Waals surface area contributed by atoms with Gasteiger partial charge in [-0.05, 0) is 25.1 Å². The van der Waals surface area contributed by atoms with Crippen LogP contribution in [0.1, 0.15) is 27.0 Å². The largest absolute Gasteiger partial charge is 0.398 e. The lowest BCUT2D eigenvalue weighted by atomic mass is 10.0. The van der Waals surface area contributed by atoms with Crippen LogP contribution in [-0.4, -0.2) is 22.5 Å². The summed E-state index contributed by atoms with van der Waals surface area (Å²) in [5.74, 6) is -0.486. The first-order valence-corrected chi connectivity index (χ1v) is 9.03.